The molecule has 1 rings (SSSR count). The summed E-state index contributed by atoms with van der Waals surface area (Å²) < 4.78 is 23.0. The second-order valence-corrected chi connectivity index (χ2v) is 6.24. The summed E-state index contributed by atoms with van der Waals surface area (Å²) >= 11 is 0. The van der Waals surface area contributed by atoms with Gasteiger partial charge in [0, 0.05) is 19.8 Å². The van der Waals surface area contributed by atoms with Crippen molar-refractivity contribution in [2.45, 2.75) is 25.8 Å². The molecule has 0 spiro atoms. The highest BCUT2D eigenvalue weighted by Gasteiger charge is 2.14. The van der Waals surface area contributed by atoms with E-state index in [0.29, 0.717) is 16.9 Å². The predicted molar refractivity (Wildman–Crippen MR) is 73.3 cm³/mol. The fourth-order valence-corrected chi connectivity index (χ4v) is 2.36. The van der Waals surface area contributed by atoms with E-state index in [0.717, 1.165) is 12.8 Å². The van der Waals surface area contributed by atoms with Gasteiger partial charge >= 0.3 is 0 Å². The highest BCUT2D eigenvalue weighted by Crippen LogP contribution is 2.22. The van der Waals surface area contributed by atoms with Crippen molar-refractivity contribution in [3.8, 4) is 0 Å². The van der Waals surface area contributed by atoms with E-state index in [2.05, 4.69) is 9.98 Å². The Morgan fingerprint density at radius 3 is 2.56 bits per heavy atom. The van der Waals surface area contributed by atoms with Crippen molar-refractivity contribution in [1.29, 1.82) is 0 Å². The van der Waals surface area contributed by atoms with Crippen LogP contribution >= 0.6 is 0 Å². The summed E-state index contributed by atoms with van der Waals surface area (Å²) in [5, 5.41) is 0.128. The van der Waals surface area contributed by atoms with Gasteiger partial charge in [-0.05, 0) is 32.4 Å². The number of rotatable bonds is 4. The van der Waals surface area contributed by atoms with Gasteiger partial charge in [-0.25, -0.2) is 18.4 Å². The van der Waals surface area contributed by atoms with E-state index in [1.807, 2.05) is 18.9 Å². The summed E-state index contributed by atoms with van der Waals surface area (Å²) in [5.74, 6) is 0. The predicted octanol–water partition coefficient (Wildman–Crippen LogP) is 1.71. The van der Waals surface area contributed by atoms with Crippen molar-refractivity contribution in [3.05, 3.63) is 17.3 Å². The van der Waals surface area contributed by atoms with E-state index in [4.69, 9.17) is 0 Å². The molecule has 1 heterocycles. The lowest BCUT2D eigenvalue weighted by atomic mass is 10.2. The van der Waals surface area contributed by atoms with Gasteiger partial charge in [-0.15, -0.1) is 0 Å². The van der Waals surface area contributed by atoms with E-state index in [1.165, 1.54) is 0 Å². The van der Waals surface area contributed by atoms with Crippen LogP contribution in [0.3, 0.4) is 0 Å². The van der Waals surface area contributed by atoms with Crippen LogP contribution in [0.25, 0.3) is 0 Å². The summed E-state index contributed by atoms with van der Waals surface area (Å²) in [6.45, 7) is 6.36. The number of nitrogens with zero attached hydrogens (tertiary/aromatic N) is 3. The minimum Gasteiger partial charge on any atom is -0.366 e. The monoisotopic (exact) mass is 269 g/mol. The Bertz CT molecular complexity index is 565. The molecule has 0 saturated carbocycles. The number of sulfone groups is 1. The smallest absolute Gasteiger partial charge is 0.193 e. The minimum atomic E-state index is -3.28. The molecule has 0 radical (unpaired) electrons. The van der Waals surface area contributed by atoms with Crippen LogP contribution in [0.15, 0.2) is 16.1 Å². The molecule has 0 amide bonds. The topological polar surface area (TPSA) is 62.6 Å². The summed E-state index contributed by atoms with van der Waals surface area (Å²) in [6, 6.07) is 1.75. The zero-order valence-corrected chi connectivity index (χ0v) is 12.2. The standard InChI is InChI=1S/C12H19N3O2S/c1-6-15(4)8-13-11-7-9(2)12(14-10(11)3)18(5,16)17/h7-8H,6H2,1-5H3/b13-8+. The van der Waals surface area contributed by atoms with Crippen molar-refractivity contribution in [2.24, 2.45) is 4.99 Å². The van der Waals surface area contributed by atoms with Crippen LogP contribution in [0, 0.1) is 13.8 Å². The molecule has 5 nitrogen and oxygen atoms in total. The molecule has 0 aliphatic carbocycles. The highest BCUT2D eigenvalue weighted by molar-refractivity contribution is 7.90. The first-order chi connectivity index (χ1) is 8.25. The fraction of sp³-hybridized carbons (Fsp3) is 0.500. The van der Waals surface area contributed by atoms with Crippen LogP contribution in [0.1, 0.15) is 18.2 Å². The van der Waals surface area contributed by atoms with Gasteiger partial charge in [0.2, 0.25) is 0 Å². The Balaban J connectivity index is 3.20. The molecule has 6 heteroatoms. The van der Waals surface area contributed by atoms with Crippen molar-refractivity contribution in [1.82, 2.24) is 9.88 Å². The lowest BCUT2D eigenvalue weighted by Crippen LogP contribution is -2.14. The molecule has 0 bridgehead atoms. The van der Waals surface area contributed by atoms with E-state index < -0.39 is 9.84 Å². The van der Waals surface area contributed by atoms with Gasteiger partial charge in [-0.3, -0.25) is 0 Å². The third-order valence-corrected chi connectivity index (χ3v) is 3.69. The first-order valence-corrected chi connectivity index (χ1v) is 7.57. The normalized spacial score (nSPS) is 12.1. The van der Waals surface area contributed by atoms with E-state index >= 15 is 0 Å². The molecule has 0 aliphatic rings. The Hall–Kier alpha value is -1.43. The van der Waals surface area contributed by atoms with Crippen LogP contribution in [0.4, 0.5) is 5.69 Å². The quantitative estimate of drug-likeness (QED) is 0.616. The molecule has 1 aromatic heterocycles. The van der Waals surface area contributed by atoms with E-state index in [-0.39, 0.29) is 5.03 Å². The van der Waals surface area contributed by atoms with Gasteiger partial charge in [0.05, 0.1) is 17.7 Å². The van der Waals surface area contributed by atoms with Crippen LogP contribution in [-0.2, 0) is 9.84 Å². The highest BCUT2D eigenvalue weighted by atomic mass is 32.2. The number of aryl methyl sites for hydroxylation is 2. The van der Waals surface area contributed by atoms with Gasteiger partial charge < -0.3 is 4.90 Å². The Labute approximate surface area is 108 Å². The second kappa shape index (κ2) is 5.48. The average Bonchev–Trinajstić information content (AvgIpc) is 2.27. The zero-order valence-electron chi connectivity index (χ0n) is 11.4. The lowest BCUT2D eigenvalue weighted by Gasteiger charge is -2.10. The van der Waals surface area contributed by atoms with E-state index in [1.54, 1.807) is 26.3 Å². The number of hydrogen-bond donors (Lipinski definition) is 0. The van der Waals surface area contributed by atoms with Gasteiger partial charge in [0.1, 0.15) is 0 Å². The summed E-state index contributed by atoms with van der Waals surface area (Å²) in [5.41, 5.74) is 1.93. The largest absolute Gasteiger partial charge is 0.366 e. The Kier molecular flexibility index (Phi) is 4.45. The van der Waals surface area contributed by atoms with Gasteiger partial charge in [0.15, 0.2) is 14.9 Å². The SMILES string of the molecule is CCN(C)/C=N/c1cc(C)c(S(C)(=O)=O)nc1C. The molecule has 1 aromatic rings. The van der Waals surface area contributed by atoms with Gasteiger partial charge in [0.25, 0.3) is 0 Å². The Morgan fingerprint density at radius 1 is 1.44 bits per heavy atom. The molecular formula is C12H19N3O2S. The molecule has 0 atom stereocenters. The van der Waals surface area contributed by atoms with E-state index in [9.17, 15) is 8.42 Å². The molecule has 0 unspecified atom stereocenters. The van der Waals surface area contributed by atoms with Crippen molar-refractivity contribution >= 4 is 21.9 Å². The van der Waals surface area contributed by atoms with Crippen LogP contribution < -0.4 is 0 Å². The summed E-state index contributed by atoms with van der Waals surface area (Å²) in [6.07, 6.45) is 2.87. The average molecular weight is 269 g/mol. The number of pyridine rings is 1. The minimum absolute atomic E-state index is 0.128. The van der Waals surface area contributed by atoms with Crippen LogP contribution in [0.5, 0.6) is 0 Å². The molecule has 0 aromatic carbocycles. The van der Waals surface area contributed by atoms with Crippen LogP contribution in [0.2, 0.25) is 0 Å². The molecular weight excluding hydrogens is 250 g/mol. The molecule has 0 aliphatic heterocycles. The summed E-state index contributed by atoms with van der Waals surface area (Å²) in [7, 11) is -1.36. The fourth-order valence-electron chi connectivity index (χ4n) is 1.42. The van der Waals surface area contributed by atoms with Crippen molar-refractivity contribution in [2.75, 3.05) is 19.8 Å². The van der Waals surface area contributed by atoms with Crippen molar-refractivity contribution in [3.63, 3.8) is 0 Å². The second-order valence-electron chi connectivity index (χ2n) is 4.30. The maximum absolute atomic E-state index is 11.5. The van der Waals surface area contributed by atoms with Crippen molar-refractivity contribution < 1.29 is 8.42 Å². The maximum Gasteiger partial charge on any atom is 0.193 e. The molecule has 0 fully saturated rings. The zero-order chi connectivity index (χ0) is 13.9. The first kappa shape index (κ1) is 14.6. The lowest BCUT2D eigenvalue weighted by molar-refractivity contribution is 0.552. The first-order valence-electron chi connectivity index (χ1n) is 5.68. The van der Waals surface area contributed by atoms with Crippen LogP contribution in [-0.4, -0.2) is 44.5 Å². The molecule has 18 heavy (non-hydrogen) atoms. The number of aromatic nitrogens is 1. The molecule has 0 saturated heterocycles. The third-order valence-electron chi connectivity index (χ3n) is 2.57. The molecule has 0 N–H and O–H groups in total. The molecule has 100 valence electrons. The Morgan fingerprint density at radius 2 is 2.06 bits per heavy atom. The van der Waals surface area contributed by atoms with Gasteiger partial charge in [-0.2, -0.15) is 0 Å². The maximum atomic E-state index is 11.5. The number of hydrogen-bond acceptors (Lipinski definition) is 4. The number of aliphatic imine (C=N–C) groups is 1. The van der Waals surface area contributed by atoms with Gasteiger partial charge in [-0.1, -0.05) is 0 Å². The summed E-state index contributed by atoms with van der Waals surface area (Å²) in [4.78, 5) is 10.4. The third kappa shape index (κ3) is 3.53.